The van der Waals surface area contributed by atoms with Crippen LogP contribution in [0, 0.1) is 6.92 Å². The van der Waals surface area contributed by atoms with Crippen LogP contribution in [0.15, 0.2) is 23.6 Å². The first-order valence-electron chi connectivity index (χ1n) is 7.56. The Balaban J connectivity index is 1.54. The monoisotopic (exact) mass is 303 g/mol. The van der Waals surface area contributed by atoms with Crippen LogP contribution >= 0.6 is 0 Å². The maximum absolute atomic E-state index is 11.5. The van der Waals surface area contributed by atoms with Gasteiger partial charge >= 0.3 is 5.97 Å². The molecule has 1 fully saturated rings. The Hall–Kier alpha value is -1.95. The van der Waals surface area contributed by atoms with Gasteiger partial charge in [-0.3, -0.25) is 9.88 Å². The summed E-state index contributed by atoms with van der Waals surface area (Å²) in [5, 5.41) is 3.92. The van der Waals surface area contributed by atoms with Crippen LogP contribution in [-0.4, -0.2) is 47.4 Å². The van der Waals surface area contributed by atoms with Crippen molar-refractivity contribution in [3.8, 4) is 0 Å². The smallest absolute Gasteiger partial charge is 0.355 e. The molecule has 118 valence electrons. The van der Waals surface area contributed by atoms with E-state index in [2.05, 4.69) is 28.0 Å². The van der Waals surface area contributed by atoms with Gasteiger partial charge in [0.15, 0.2) is 5.71 Å². The maximum Gasteiger partial charge on any atom is 0.355 e. The first-order valence-corrected chi connectivity index (χ1v) is 7.56. The summed E-state index contributed by atoms with van der Waals surface area (Å²) in [5.74, 6) is -0.384. The van der Waals surface area contributed by atoms with Gasteiger partial charge in [0.1, 0.15) is 5.60 Å². The minimum Gasteiger partial charge on any atom is -0.464 e. The summed E-state index contributed by atoms with van der Waals surface area (Å²) in [6.45, 7) is 4.81. The largest absolute Gasteiger partial charge is 0.464 e. The van der Waals surface area contributed by atoms with E-state index in [4.69, 9.17) is 9.57 Å². The van der Waals surface area contributed by atoms with Crippen molar-refractivity contribution in [3.05, 3.63) is 29.6 Å². The molecule has 0 saturated carbocycles. The molecule has 0 aliphatic carbocycles. The van der Waals surface area contributed by atoms with Gasteiger partial charge in [-0.05, 0) is 18.1 Å². The molecule has 0 unspecified atom stereocenters. The number of nitrogens with zero attached hydrogens (tertiary/aromatic N) is 3. The van der Waals surface area contributed by atoms with Crippen molar-refractivity contribution >= 4 is 11.7 Å². The molecule has 1 saturated heterocycles. The summed E-state index contributed by atoms with van der Waals surface area (Å²) >= 11 is 0. The molecule has 2 aliphatic heterocycles. The van der Waals surface area contributed by atoms with Gasteiger partial charge in [-0.2, -0.15) is 0 Å². The van der Waals surface area contributed by atoms with E-state index in [1.807, 2.05) is 12.4 Å². The number of hydrogen-bond donors (Lipinski definition) is 0. The minimum absolute atomic E-state index is 0.315. The van der Waals surface area contributed by atoms with Crippen molar-refractivity contribution in [1.29, 1.82) is 0 Å². The fraction of sp³-hybridized carbons (Fsp3) is 0.562. The molecule has 0 bridgehead atoms. The fourth-order valence-corrected chi connectivity index (χ4v) is 3.10. The summed E-state index contributed by atoms with van der Waals surface area (Å²) in [5.41, 5.74) is 2.50. The summed E-state index contributed by atoms with van der Waals surface area (Å²) in [6, 6.07) is 2.17. The number of hydrogen-bond acceptors (Lipinski definition) is 6. The highest BCUT2D eigenvalue weighted by molar-refractivity contribution is 6.36. The van der Waals surface area contributed by atoms with Crippen molar-refractivity contribution in [1.82, 2.24) is 9.88 Å². The number of piperidine rings is 1. The van der Waals surface area contributed by atoms with E-state index in [9.17, 15) is 4.79 Å². The average molecular weight is 303 g/mol. The quantitative estimate of drug-likeness (QED) is 0.795. The maximum atomic E-state index is 11.5. The van der Waals surface area contributed by atoms with E-state index in [0.717, 1.165) is 32.5 Å². The van der Waals surface area contributed by atoms with Crippen LogP contribution in [0.1, 0.15) is 30.4 Å². The van der Waals surface area contributed by atoms with E-state index < -0.39 is 0 Å². The highest BCUT2D eigenvalue weighted by Crippen LogP contribution is 2.35. The molecular weight excluding hydrogens is 282 g/mol. The Morgan fingerprint density at radius 3 is 2.86 bits per heavy atom. The third-order valence-electron chi connectivity index (χ3n) is 4.37. The number of carbonyl (C=O) groups is 1. The normalized spacial score (nSPS) is 20.5. The zero-order valence-corrected chi connectivity index (χ0v) is 13.0. The van der Waals surface area contributed by atoms with Gasteiger partial charge in [0.05, 0.1) is 7.11 Å². The summed E-state index contributed by atoms with van der Waals surface area (Å²) in [7, 11) is 1.37. The topological polar surface area (TPSA) is 64.0 Å². The molecular formula is C16H21N3O3. The van der Waals surface area contributed by atoms with Gasteiger partial charge in [0.2, 0.25) is 0 Å². The summed E-state index contributed by atoms with van der Waals surface area (Å²) in [4.78, 5) is 23.7. The molecule has 6 heteroatoms. The first kappa shape index (κ1) is 15.0. The second kappa shape index (κ2) is 6.04. The van der Waals surface area contributed by atoms with Crippen molar-refractivity contribution < 1.29 is 14.4 Å². The zero-order valence-electron chi connectivity index (χ0n) is 13.0. The molecule has 2 aliphatic rings. The highest BCUT2D eigenvalue weighted by Gasteiger charge is 2.43. The Bertz CT molecular complexity index is 592. The van der Waals surface area contributed by atoms with Crippen LogP contribution in [0.2, 0.25) is 0 Å². The molecule has 1 aromatic rings. The second-order valence-corrected chi connectivity index (χ2v) is 6.13. The molecule has 0 N–H and O–H groups in total. The molecule has 1 aromatic heterocycles. The number of pyridine rings is 1. The summed E-state index contributed by atoms with van der Waals surface area (Å²) < 4.78 is 4.71. The molecule has 0 radical (unpaired) electrons. The van der Waals surface area contributed by atoms with Gasteiger partial charge in [-0.25, -0.2) is 4.79 Å². The number of esters is 1. The van der Waals surface area contributed by atoms with Gasteiger partial charge in [-0.1, -0.05) is 11.2 Å². The number of methoxy groups -OCH3 is 1. The highest BCUT2D eigenvalue weighted by atomic mass is 16.7. The van der Waals surface area contributed by atoms with Crippen LogP contribution in [0.4, 0.5) is 0 Å². The lowest BCUT2D eigenvalue weighted by atomic mass is 9.87. The fourth-order valence-electron chi connectivity index (χ4n) is 3.10. The predicted molar refractivity (Wildman–Crippen MR) is 81.4 cm³/mol. The molecule has 0 atom stereocenters. The lowest BCUT2D eigenvalue weighted by Crippen LogP contribution is -2.44. The molecule has 0 aromatic carbocycles. The van der Waals surface area contributed by atoms with Crippen LogP contribution < -0.4 is 0 Å². The third-order valence-corrected chi connectivity index (χ3v) is 4.37. The average Bonchev–Trinajstić information content (AvgIpc) is 2.93. The van der Waals surface area contributed by atoms with Gasteiger partial charge in [0.25, 0.3) is 0 Å². The Morgan fingerprint density at radius 1 is 1.41 bits per heavy atom. The van der Waals surface area contributed by atoms with Crippen LogP contribution in [0.25, 0.3) is 0 Å². The molecule has 22 heavy (non-hydrogen) atoms. The molecule has 0 amide bonds. The van der Waals surface area contributed by atoms with E-state index >= 15 is 0 Å². The number of carbonyl (C=O) groups excluding carboxylic acids is 1. The Kier molecular flexibility index (Phi) is 4.11. The van der Waals surface area contributed by atoms with E-state index in [-0.39, 0.29) is 11.6 Å². The Morgan fingerprint density at radius 2 is 2.18 bits per heavy atom. The minimum atomic E-state index is -0.384. The standard InChI is InChI=1S/C16H21N3O3/c1-12-7-13(10-17-9-12)11-19-5-3-16(4-6-19)8-14(18-22-16)15(20)21-2/h7,9-10H,3-6,8,11H2,1-2H3. The molecule has 3 heterocycles. The van der Waals surface area contributed by atoms with Crippen molar-refractivity contribution in [2.24, 2.45) is 5.16 Å². The number of likely N-dealkylation sites (tertiary alicyclic amines) is 1. The second-order valence-electron chi connectivity index (χ2n) is 6.13. The van der Waals surface area contributed by atoms with Gasteiger partial charge in [0, 0.05) is 51.3 Å². The number of rotatable bonds is 3. The predicted octanol–water partition coefficient (Wildman–Crippen LogP) is 1.67. The van der Waals surface area contributed by atoms with Gasteiger partial charge in [-0.15, -0.1) is 0 Å². The third kappa shape index (κ3) is 3.11. The molecule has 6 nitrogen and oxygen atoms in total. The van der Waals surface area contributed by atoms with Crippen LogP contribution in [0.3, 0.4) is 0 Å². The van der Waals surface area contributed by atoms with Crippen molar-refractivity contribution in [2.75, 3.05) is 20.2 Å². The molecule has 1 spiro atoms. The number of oxime groups is 1. The number of aryl methyl sites for hydroxylation is 1. The van der Waals surface area contributed by atoms with Gasteiger partial charge < -0.3 is 9.57 Å². The first-order chi connectivity index (χ1) is 10.6. The van der Waals surface area contributed by atoms with Crippen LogP contribution in [-0.2, 0) is 20.9 Å². The SMILES string of the molecule is COC(=O)C1=NOC2(CCN(Cc3cncc(C)c3)CC2)C1. The van der Waals surface area contributed by atoms with E-state index in [0.29, 0.717) is 12.1 Å². The van der Waals surface area contributed by atoms with Crippen molar-refractivity contribution in [2.45, 2.75) is 38.3 Å². The number of ether oxygens (including phenoxy) is 1. The lowest BCUT2D eigenvalue weighted by molar-refractivity contribution is -0.132. The zero-order chi connectivity index (χ0) is 15.6. The Labute approximate surface area is 130 Å². The van der Waals surface area contributed by atoms with Crippen LogP contribution in [0.5, 0.6) is 0 Å². The van der Waals surface area contributed by atoms with E-state index in [1.165, 1.54) is 18.2 Å². The van der Waals surface area contributed by atoms with E-state index in [1.54, 1.807) is 0 Å². The summed E-state index contributed by atoms with van der Waals surface area (Å²) in [6.07, 6.45) is 6.08. The lowest BCUT2D eigenvalue weighted by Gasteiger charge is -2.37. The number of aromatic nitrogens is 1. The van der Waals surface area contributed by atoms with Crippen molar-refractivity contribution in [3.63, 3.8) is 0 Å². The molecule has 3 rings (SSSR count).